The maximum absolute atomic E-state index is 14.8. The Morgan fingerprint density at radius 1 is 1.18 bits per heavy atom. The van der Waals surface area contributed by atoms with Crippen LogP contribution in [0.25, 0.3) is 11.1 Å². The molecule has 0 unspecified atom stereocenters. The quantitative estimate of drug-likeness (QED) is 0.546. The van der Waals surface area contributed by atoms with Crippen LogP contribution in [0, 0.1) is 17.6 Å². The number of nitrogens with two attached hydrogens (primary N) is 1. The van der Waals surface area contributed by atoms with E-state index in [9.17, 15) is 18.7 Å². The van der Waals surface area contributed by atoms with Crippen LogP contribution in [0.2, 0.25) is 6.32 Å². The molecule has 28 heavy (non-hydrogen) atoms. The van der Waals surface area contributed by atoms with Crippen molar-refractivity contribution in [3.05, 3.63) is 58.7 Å². The van der Waals surface area contributed by atoms with Crippen molar-refractivity contribution in [3.8, 4) is 11.1 Å². The number of hydrogen-bond acceptors (Lipinski definition) is 4. The zero-order valence-corrected chi connectivity index (χ0v) is 15.2. The highest BCUT2D eigenvalue weighted by Gasteiger charge is 2.38. The molecule has 1 aliphatic carbocycles. The lowest BCUT2D eigenvalue weighted by atomic mass is 9.80. The van der Waals surface area contributed by atoms with Crippen LogP contribution in [0.15, 0.2) is 30.3 Å². The van der Waals surface area contributed by atoms with Gasteiger partial charge >= 0.3 is 13.1 Å². The number of carboxylic acid groups (broad SMARTS) is 1. The summed E-state index contributed by atoms with van der Waals surface area (Å²) in [6, 6.07) is 6.81. The highest BCUT2D eigenvalue weighted by atomic mass is 19.1. The number of carbonyl (C=O) groups is 1. The fourth-order valence-corrected chi connectivity index (χ4v) is 4.12. The molecular formula is C20H22BF2NO4. The van der Waals surface area contributed by atoms with E-state index in [1.807, 2.05) is 0 Å². The van der Waals surface area contributed by atoms with Crippen LogP contribution in [0.3, 0.4) is 0 Å². The second-order valence-corrected chi connectivity index (χ2v) is 7.23. The summed E-state index contributed by atoms with van der Waals surface area (Å²) in [5.41, 5.74) is 7.95. The number of fused-ring (bicyclic) bond motifs is 1. The highest BCUT2D eigenvalue weighted by molar-refractivity contribution is 6.40. The molecule has 5 nitrogen and oxygen atoms in total. The number of carboxylic acids is 1. The summed E-state index contributed by atoms with van der Waals surface area (Å²) in [5.74, 6) is -3.02. The van der Waals surface area contributed by atoms with Crippen LogP contribution in [0.4, 0.5) is 8.78 Å². The Balaban J connectivity index is 1.98. The van der Waals surface area contributed by atoms with Gasteiger partial charge in [0.2, 0.25) is 0 Å². The monoisotopic (exact) mass is 389 g/mol. The third kappa shape index (κ3) is 4.09. The van der Waals surface area contributed by atoms with E-state index in [1.54, 1.807) is 0 Å². The van der Waals surface area contributed by atoms with Crippen molar-refractivity contribution >= 4 is 13.1 Å². The van der Waals surface area contributed by atoms with Crippen LogP contribution in [0.1, 0.15) is 35.4 Å². The van der Waals surface area contributed by atoms with E-state index >= 15 is 0 Å². The zero-order valence-electron chi connectivity index (χ0n) is 15.2. The smallest absolute Gasteiger partial charge is 0.451 e. The van der Waals surface area contributed by atoms with Gasteiger partial charge in [0.15, 0.2) is 0 Å². The van der Waals surface area contributed by atoms with Crippen LogP contribution >= 0.6 is 0 Å². The molecule has 2 aromatic rings. The Morgan fingerprint density at radius 3 is 2.57 bits per heavy atom. The summed E-state index contributed by atoms with van der Waals surface area (Å²) in [7, 11) is -1.43. The molecule has 5 N–H and O–H groups in total. The molecule has 3 rings (SSSR count). The normalized spacial score (nSPS) is 18.2. The highest BCUT2D eigenvalue weighted by Crippen LogP contribution is 2.43. The minimum absolute atomic E-state index is 0.0259. The minimum atomic E-state index is -1.43. The lowest BCUT2D eigenvalue weighted by Crippen LogP contribution is -2.18. The Morgan fingerprint density at radius 2 is 1.93 bits per heavy atom. The zero-order chi connectivity index (χ0) is 20.4. The van der Waals surface area contributed by atoms with E-state index in [-0.39, 0.29) is 24.3 Å². The van der Waals surface area contributed by atoms with Crippen LogP contribution < -0.4 is 5.73 Å². The summed E-state index contributed by atoms with van der Waals surface area (Å²) >= 11 is 0. The van der Waals surface area contributed by atoms with E-state index in [0.717, 1.165) is 0 Å². The number of hydrogen-bond donors (Lipinski definition) is 4. The molecule has 2 aromatic carbocycles. The second kappa shape index (κ2) is 8.38. The summed E-state index contributed by atoms with van der Waals surface area (Å²) < 4.78 is 28.3. The molecule has 8 heteroatoms. The Hall–Kier alpha value is -2.29. The second-order valence-electron chi connectivity index (χ2n) is 7.23. The first kappa shape index (κ1) is 20.4. The van der Waals surface area contributed by atoms with Gasteiger partial charge in [-0.15, -0.1) is 0 Å². The van der Waals surface area contributed by atoms with E-state index in [4.69, 9.17) is 15.8 Å². The molecule has 0 heterocycles. The van der Waals surface area contributed by atoms with Crippen molar-refractivity contribution < 1.29 is 28.7 Å². The SMILES string of the molecule is NCc1cc(F)ccc1-c1cc2c(cc1F)C[C@H](CCCB(O)O)[C@@H]2C(=O)O. The molecule has 0 spiro atoms. The molecule has 2 atom stereocenters. The number of rotatable bonds is 7. The lowest BCUT2D eigenvalue weighted by molar-refractivity contribution is -0.139. The molecule has 148 valence electrons. The fraction of sp³-hybridized carbons (Fsp3) is 0.350. The summed E-state index contributed by atoms with van der Waals surface area (Å²) in [5, 5.41) is 27.7. The number of aliphatic carboxylic acids is 1. The van der Waals surface area contributed by atoms with Gasteiger partial charge in [0.05, 0.1) is 5.92 Å². The van der Waals surface area contributed by atoms with E-state index in [2.05, 4.69) is 0 Å². The van der Waals surface area contributed by atoms with Crippen LogP contribution in [0.5, 0.6) is 0 Å². The third-order valence-electron chi connectivity index (χ3n) is 5.40. The van der Waals surface area contributed by atoms with Gasteiger partial charge in [-0.3, -0.25) is 4.79 Å². The van der Waals surface area contributed by atoms with Crippen molar-refractivity contribution in [1.82, 2.24) is 0 Å². The van der Waals surface area contributed by atoms with Gasteiger partial charge in [-0.1, -0.05) is 12.5 Å². The molecule has 0 amide bonds. The molecule has 1 aliphatic rings. The lowest BCUT2D eigenvalue weighted by Gasteiger charge is -2.17. The van der Waals surface area contributed by atoms with Gasteiger partial charge in [-0.25, -0.2) is 8.78 Å². The van der Waals surface area contributed by atoms with Gasteiger partial charge in [0.1, 0.15) is 11.6 Å². The molecule has 0 bridgehead atoms. The van der Waals surface area contributed by atoms with Crippen molar-refractivity contribution in [1.29, 1.82) is 0 Å². The molecule has 0 aliphatic heterocycles. The molecule has 0 saturated heterocycles. The van der Waals surface area contributed by atoms with Gasteiger partial charge in [-0.05, 0) is 71.6 Å². The van der Waals surface area contributed by atoms with Crippen molar-refractivity contribution in [2.75, 3.05) is 0 Å². The topological polar surface area (TPSA) is 104 Å². The molecule has 0 aromatic heterocycles. The first-order valence-electron chi connectivity index (χ1n) is 9.22. The Labute approximate surface area is 162 Å². The van der Waals surface area contributed by atoms with Crippen molar-refractivity contribution in [2.24, 2.45) is 11.7 Å². The Bertz CT molecular complexity index is 891. The first-order valence-corrected chi connectivity index (χ1v) is 9.22. The Kier molecular flexibility index (Phi) is 6.12. The predicted molar refractivity (Wildman–Crippen MR) is 101 cm³/mol. The van der Waals surface area contributed by atoms with Gasteiger partial charge in [0, 0.05) is 12.1 Å². The maximum atomic E-state index is 14.8. The standard InChI is InChI=1S/C20H22BF2NO4/c22-14-3-4-15(13(7-14)10-24)17-9-16-12(8-18(17)23)6-11(19(16)20(25)26)2-1-5-21(27)28/h3-4,7-9,11,19,27-28H,1-2,5-6,10,24H2,(H,25,26)/t11-,19-/m0/s1. The van der Waals surface area contributed by atoms with Gasteiger partial charge < -0.3 is 20.9 Å². The summed E-state index contributed by atoms with van der Waals surface area (Å²) in [6.45, 7) is 0.0259. The average molecular weight is 389 g/mol. The molecule has 0 radical (unpaired) electrons. The number of halogens is 2. The molecule has 0 saturated carbocycles. The predicted octanol–water partition coefficient (Wildman–Crippen LogP) is 2.68. The van der Waals surface area contributed by atoms with Crippen LogP contribution in [-0.4, -0.2) is 28.2 Å². The average Bonchev–Trinajstić information content (AvgIpc) is 2.97. The molecule has 0 fully saturated rings. The number of benzene rings is 2. The van der Waals surface area contributed by atoms with E-state index < -0.39 is 30.6 Å². The van der Waals surface area contributed by atoms with E-state index in [0.29, 0.717) is 41.5 Å². The largest absolute Gasteiger partial charge is 0.481 e. The van der Waals surface area contributed by atoms with Crippen molar-refractivity contribution in [2.45, 2.75) is 38.0 Å². The third-order valence-corrected chi connectivity index (χ3v) is 5.40. The van der Waals surface area contributed by atoms with Gasteiger partial charge in [0.25, 0.3) is 0 Å². The first-order chi connectivity index (χ1) is 13.3. The van der Waals surface area contributed by atoms with Gasteiger partial charge in [-0.2, -0.15) is 0 Å². The summed E-state index contributed by atoms with van der Waals surface area (Å²) in [6.07, 6.45) is 1.53. The fourth-order valence-electron chi connectivity index (χ4n) is 4.12. The van der Waals surface area contributed by atoms with Crippen LogP contribution in [-0.2, 0) is 17.8 Å². The summed E-state index contributed by atoms with van der Waals surface area (Å²) in [4.78, 5) is 11.9. The minimum Gasteiger partial charge on any atom is -0.481 e. The maximum Gasteiger partial charge on any atom is 0.451 e. The molecular weight excluding hydrogens is 367 g/mol. The van der Waals surface area contributed by atoms with E-state index in [1.165, 1.54) is 30.3 Å². The van der Waals surface area contributed by atoms with Crippen molar-refractivity contribution in [3.63, 3.8) is 0 Å².